The molecule has 0 fully saturated rings. The Kier molecular flexibility index (Phi) is 4.33. The number of carbonyl (C=O) groups excluding carboxylic acids is 1. The first-order chi connectivity index (χ1) is 8.66. The van der Waals surface area contributed by atoms with Gasteiger partial charge in [0.05, 0.1) is 0 Å². The summed E-state index contributed by atoms with van der Waals surface area (Å²) in [5.41, 5.74) is 3.55. The van der Waals surface area contributed by atoms with Crippen LogP contribution in [-0.2, 0) is 17.8 Å². The normalized spacial score (nSPS) is 14.4. The van der Waals surface area contributed by atoms with Gasteiger partial charge in [0.1, 0.15) is 0 Å². The van der Waals surface area contributed by atoms with Gasteiger partial charge in [-0.1, -0.05) is 12.1 Å². The second-order valence-corrected chi connectivity index (χ2v) is 4.97. The number of hydrogen-bond acceptors (Lipinski definition) is 3. The predicted octanol–water partition coefficient (Wildman–Crippen LogP) is 1.22. The molecule has 1 amide bonds. The number of hydrogen-bond donors (Lipinski definition) is 2. The molecule has 1 aromatic carbocycles. The summed E-state index contributed by atoms with van der Waals surface area (Å²) in [5.74, 6) is 0.0858. The van der Waals surface area contributed by atoms with Crippen LogP contribution in [0.1, 0.15) is 17.5 Å². The third-order valence-electron chi connectivity index (χ3n) is 3.21. The van der Waals surface area contributed by atoms with Crippen LogP contribution < -0.4 is 10.6 Å². The summed E-state index contributed by atoms with van der Waals surface area (Å²) in [6, 6.07) is 6.15. The van der Waals surface area contributed by atoms with Crippen molar-refractivity contribution in [1.29, 1.82) is 0 Å². The molecule has 1 heterocycles. The van der Waals surface area contributed by atoms with Crippen LogP contribution in [0.5, 0.6) is 0 Å². The number of benzene rings is 1. The molecule has 4 nitrogen and oxygen atoms in total. The van der Waals surface area contributed by atoms with Gasteiger partial charge in [0.2, 0.25) is 5.91 Å². The minimum Gasteiger partial charge on any atom is -0.326 e. The van der Waals surface area contributed by atoms with Crippen molar-refractivity contribution in [1.82, 2.24) is 10.2 Å². The van der Waals surface area contributed by atoms with Crippen molar-refractivity contribution in [2.45, 2.75) is 19.4 Å². The van der Waals surface area contributed by atoms with E-state index >= 15 is 0 Å². The number of rotatable bonds is 4. The fraction of sp³-hybridized carbons (Fsp3) is 0.500. The molecule has 0 saturated heterocycles. The molecule has 0 atom stereocenters. The predicted molar refractivity (Wildman–Crippen MR) is 73.7 cm³/mol. The lowest BCUT2D eigenvalue weighted by Gasteiger charge is -2.20. The average molecular weight is 247 g/mol. The van der Waals surface area contributed by atoms with E-state index in [0.717, 1.165) is 31.7 Å². The molecule has 4 heteroatoms. The standard InChI is InChI=1S/C14H21N3O/c1-17(2)9-7-14(18)16-13-5-3-4-11-6-8-15-10-12(11)13/h3-5,15H,6-10H2,1-2H3,(H,16,18). The van der Waals surface area contributed by atoms with Gasteiger partial charge in [-0.3, -0.25) is 4.79 Å². The average Bonchev–Trinajstić information content (AvgIpc) is 2.37. The number of nitrogens with zero attached hydrogens (tertiary/aromatic N) is 1. The lowest BCUT2D eigenvalue weighted by Crippen LogP contribution is -2.26. The number of fused-ring (bicyclic) bond motifs is 1. The fourth-order valence-electron chi connectivity index (χ4n) is 2.17. The highest BCUT2D eigenvalue weighted by atomic mass is 16.1. The zero-order chi connectivity index (χ0) is 13.0. The monoisotopic (exact) mass is 247 g/mol. The van der Waals surface area contributed by atoms with Gasteiger partial charge in [-0.05, 0) is 44.3 Å². The van der Waals surface area contributed by atoms with E-state index in [2.05, 4.69) is 16.7 Å². The number of anilines is 1. The third-order valence-corrected chi connectivity index (χ3v) is 3.21. The van der Waals surface area contributed by atoms with Gasteiger partial charge in [0.15, 0.2) is 0 Å². The zero-order valence-electron chi connectivity index (χ0n) is 11.1. The van der Waals surface area contributed by atoms with Crippen LogP contribution in [0.3, 0.4) is 0 Å². The van der Waals surface area contributed by atoms with E-state index in [1.165, 1.54) is 11.1 Å². The van der Waals surface area contributed by atoms with Crippen molar-refractivity contribution < 1.29 is 4.79 Å². The van der Waals surface area contributed by atoms with E-state index in [9.17, 15) is 4.79 Å². The van der Waals surface area contributed by atoms with Crippen LogP contribution in [-0.4, -0.2) is 38.0 Å². The summed E-state index contributed by atoms with van der Waals surface area (Å²) in [7, 11) is 3.95. The van der Waals surface area contributed by atoms with Crippen LogP contribution in [0, 0.1) is 0 Å². The molecule has 0 spiro atoms. The van der Waals surface area contributed by atoms with E-state index < -0.39 is 0 Å². The Morgan fingerprint density at radius 1 is 1.44 bits per heavy atom. The van der Waals surface area contributed by atoms with Gasteiger partial charge in [-0.25, -0.2) is 0 Å². The minimum absolute atomic E-state index is 0.0858. The second-order valence-electron chi connectivity index (χ2n) is 4.97. The Balaban J connectivity index is 2.03. The van der Waals surface area contributed by atoms with E-state index in [4.69, 9.17) is 0 Å². The van der Waals surface area contributed by atoms with Crippen molar-refractivity contribution in [2.24, 2.45) is 0 Å². The molecule has 0 aromatic heterocycles. The highest BCUT2D eigenvalue weighted by molar-refractivity contribution is 5.91. The molecule has 1 aliphatic heterocycles. The highest BCUT2D eigenvalue weighted by Crippen LogP contribution is 2.22. The van der Waals surface area contributed by atoms with Crippen LogP contribution >= 0.6 is 0 Å². The van der Waals surface area contributed by atoms with Gasteiger partial charge in [0.25, 0.3) is 0 Å². The van der Waals surface area contributed by atoms with E-state index in [1.54, 1.807) is 0 Å². The molecular weight excluding hydrogens is 226 g/mol. The first kappa shape index (κ1) is 13.1. The van der Waals surface area contributed by atoms with Crippen molar-refractivity contribution in [3.8, 4) is 0 Å². The molecule has 0 bridgehead atoms. The molecule has 0 radical (unpaired) electrons. The summed E-state index contributed by atoms with van der Waals surface area (Å²) in [6.45, 7) is 2.64. The van der Waals surface area contributed by atoms with E-state index in [-0.39, 0.29) is 5.91 Å². The zero-order valence-corrected chi connectivity index (χ0v) is 11.1. The van der Waals surface area contributed by atoms with Crippen molar-refractivity contribution in [3.63, 3.8) is 0 Å². The Morgan fingerprint density at radius 3 is 3.06 bits per heavy atom. The molecule has 0 aliphatic carbocycles. The molecular formula is C14H21N3O. The molecule has 98 valence electrons. The van der Waals surface area contributed by atoms with Crippen LogP contribution in [0.4, 0.5) is 5.69 Å². The molecule has 2 N–H and O–H groups in total. The third kappa shape index (κ3) is 3.31. The van der Waals surface area contributed by atoms with Crippen LogP contribution in [0.25, 0.3) is 0 Å². The molecule has 0 unspecified atom stereocenters. The molecule has 2 rings (SSSR count). The fourth-order valence-corrected chi connectivity index (χ4v) is 2.17. The SMILES string of the molecule is CN(C)CCC(=O)Nc1cccc2c1CNCC2. The summed E-state index contributed by atoms with van der Waals surface area (Å²) >= 11 is 0. The lowest BCUT2D eigenvalue weighted by atomic mass is 9.99. The van der Waals surface area contributed by atoms with Crippen molar-refractivity contribution >= 4 is 11.6 Å². The number of carbonyl (C=O) groups is 1. The molecule has 0 saturated carbocycles. The van der Waals surface area contributed by atoms with Gasteiger partial charge < -0.3 is 15.5 Å². The van der Waals surface area contributed by atoms with E-state index in [0.29, 0.717) is 6.42 Å². The van der Waals surface area contributed by atoms with Crippen molar-refractivity contribution in [3.05, 3.63) is 29.3 Å². The quantitative estimate of drug-likeness (QED) is 0.841. The summed E-state index contributed by atoms with van der Waals surface area (Å²) in [4.78, 5) is 13.9. The first-order valence-corrected chi connectivity index (χ1v) is 6.43. The van der Waals surface area contributed by atoms with Crippen molar-refractivity contribution in [2.75, 3.05) is 32.5 Å². The maximum atomic E-state index is 11.8. The summed E-state index contributed by atoms with van der Waals surface area (Å²) in [6.07, 6.45) is 1.57. The molecule has 18 heavy (non-hydrogen) atoms. The minimum atomic E-state index is 0.0858. The number of nitrogens with one attached hydrogen (secondary N) is 2. The Bertz CT molecular complexity index is 429. The Morgan fingerprint density at radius 2 is 2.28 bits per heavy atom. The topological polar surface area (TPSA) is 44.4 Å². The van der Waals surface area contributed by atoms with Gasteiger partial charge in [-0.15, -0.1) is 0 Å². The lowest BCUT2D eigenvalue weighted by molar-refractivity contribution is -0.116. The highest BCUT2D eigenvalue weighted by Gasteiger charge is 2.13. The molecule has 1 aromatic rings. The smallest absolute Gasteiger partial charge is 0.225 e. The van der Waals surface area contributed by atoms with Gasteiger partial charge in [0, 0.05) is 25.2 Å². The molecule has 1 aliphatic rings. The second kappa shape index (κ2) is 5.98. The Labute approximate surface area is 108 Å². The first-order valence-electron chi connectivity index (χ1n) is 6.43. The maximum Gasteiger partial charge on any atom is 0.225 e. The number of amides is 1. The summed E-state index contributed by atoms with van der Waals surface area (Å²) in [5, 5.41) is 6.37. The Hall–Kier alpha value is -1.39. The van der Waals surface area contributed by atoms with Gasteiger partial charge in [-0.2, -0.15) is 0 Å². The summed E-state index contributed by atoms with van der Waals surface area (Å²) < 4.78 is 0. The van der Waals surface area contributed by atoms with Crippen LogP contribution in [0.2, 0.25) is 0 Å². The largest absolute Gasteiger partial charge is 0.326 e. The van der Waals surface area contributed by atoms with Crippen LogP contribution in [0.15, 0.2) is 18.2 Å². The van der Waals surface area contributed by atoms with E-state index in [1.807, 2.05) is 31.1 Å². The van der Waals surface area contributed by atoms with Gasteiger partial charge >= 0.3 is 0 Å². The maximum absolute atomic E-state index is 11.8.